The topological polar surface area (TPSA) is 35.5 Å². The van der Waals surface area contributed by atoms with Gasteiger partial charge in [0, 0.05) is 13.0 Å². The van der Waals surface area contributed by atoms with E-state index in [4.69, 9.17) is 9.16 Å². The molecule has 168 valence electrons. The Morgan fingerprint density at radius 3 is 1.90 bits per heavy atom. The lowest BCUT2D eigenvalue weighted by atomic mass is 10.1. The fourth-order valence-corrected chi connectivity index (χ4v) is 8.80. The molecule has 0 aliphatic rings. The molecule has 0 aromatic heterocycles. The quantitative estimate of drug-likeness (QED) is 0.197. The summed E-state index contributed by atoms with van der Waals surface area (Å²) in [6, 6.07) is 21.5. The molecule has 0 atom stereocenters. The summed E-state index contributed by atoms with van der Waals surface area (Å²) in [5, 5.41) is 2.60. The zero-order valence-corrected chi connectivity index (χ0v) is 20.8. The minimum atomic E-state index is -2.47. The highest BCUT2D eigenvalue weighted by molar-refractivity contribution is 6.99. The summed E-state index contributed by atoms with van der Waals surface area (Å²) in [6.45, 7) is 11.9. The summed E-state index contributed by atoms with van der Waals surface area (Å²) in [5.41, 5.74) is 1.29. The van der Waals surface area contributed by atoms with E-state index in [9.17, 15) is 4.79 Å². The SMILES string of the molecule is C/C=C(\CCCO[Si](c1ccccc1)(c1ccccc1)C(C)(C)C)CCC(=O)OCC. The molecule has 0 heterocycles. The van der Waals surface area contributed by atoms with Crippen LogP contribution in [0.3, 0.4) is 0 Å². The van der Waals surface area contributed by atoms with Crippen LogP contribution in [0.5, 0.6) is 0 Å². The zero-order valence-electron chi connectivity index (χ0n) is 19.8. The molecule has 2 rings (SSSR count). The number of ether oxygens (including phenoxy) is 1. The molecule has 0 bridgehead atoms. The molecule has 0 saturated heterocycles. The lowest BCUT2D eigenvalue weighted by molar-refractivity contribution is -0.143. The minimum Gasteiger partial charge on any atom is -0.466 e. The molecule has 0 spiro atoms. The van der Waals surface area contributed by atoms with Crippen LogP contribution in [0, 0.1) is 0 Å². The number of hydrogen-bond donors (Lipinski definition) is 0. The molecule has 0 amide bonds. The Morgan fingerprint density at radius 1 is 0.903 bits per heavy atom. The normalized spacial score (nSPS) is 12.6. The van der Waals surface area contributed by atoms with Gasteiger partial charge < -0.3 is 9.16 Å². The fourth-order valence-electron chi connectivity index (χ4n) is 4.20. The van der Waals surface area contributed by atoms with Crippen molar-refractivity contribution in [1.29, 1.82) is 0 Å². The van der Waals surface area contributed by atoms with Gasteiger partial charge in [-0.2, -0.15) is 0 Å². The molecule has 0 aliphatic carbocycles. The molecule has 3 nitrogen and oxygen atoms in total. The largest absolute Gasteiger partial charge is 0.466 e. The number of allylic oxidation sites excluding steroid dienone is 2. The van der Waals surface area contributed by atoms with Gasteiger partial charge in [-0.05, 0) is 48.5 Å². The first-order valence-corrected chi connectivity index (χ1v) is 13.3. The summed E-state index contributed by atoms with van der Waals surface area (Å²) < 4.78 is 12.0. The van der Waals surface area contributed by atoms with Crippen molar-refractivity contribution < 1.29 is 14.0 Å². The third kappa shape index (κ3) is 6.65. The highest BCUT2D eigenvalue weighted by atomic mass is 28.4. The summed E-state index contributed by atoms with van der Waals surface area (Å²) in [4.78, 5) is 11.7. The van der Waals surface area contributed by atoms with E-state index in [2.05, 4.69) is 87.5 Å². The number of rotatable bonds is 11. The van der Waals surface area contributed by atoms with Crippen LogP contribution in [-0.2, 0) is 14.0 Å². The average Bonchev–Trinajstić information content (AvgIpc) is 2.76. The predicted molar refractivity (Wildman–Crippen MR) is 132 cm³/mol. The van der Waals surface area contributed by atoms with E-state index < -0.39 is 8.32 Å². The van der Waals surface area contributed by atoms with Crippen LogP contribution in [0.25, 0.3) is 0 Å². The van der Waals surface area contributed by atoms with Crippen molar-refractivity contribution in [3.63, 3.8) is 0 Å². The van der Waals surface area contributed by atoms with Gasteiger partial charge in [0.1, 0.15) is 0 Å². The first-order valence-electron chi connectivity index (χ1n) is 11.4. The Morgan fingerprint density at radius 2 is 1.45 bits per heavy atom. The summed E-state index contributed by atoms with van der Waals surface area (Å²) >= 11 is 0. The Hall–Kier alpha value is -2.17. The van der Waals surface area contributed by atoms with Crippen LogP contribution in [0.15, 0.2) is 72.3 Å². The first-order chi connectivity index (χ1) is 14.8. The van der Waals surface area contributed by atoms with E-state index in [-0.39, 0.29) is 11.0 Å². The van der Waals surface area contributed by atoms with Crippen molar-refractivity contribution in [1.82, 2.24) is 0 Å². The highest BCUT2D eigenvalue weighted by Crippen LogP contribution is 2.36. The molecule has 0 unspecified atom stereocenters. The molecule has 31 heavy (non-hydrogen) atoms. The van der Waals surface area contributed by atoms with Gasteiger partial charge in [-0.1, -0.05) is 93.1 Å². The van der Waals surface area contributed by atoms with E-state index in [1.165, 1.54) is 15.9 Å². The summed E-state index contributed by atoms with van der Waals surface area (Å²) in [7, 11) is -2.47. The van der Waals surface area contributed by atoms with Crippen LogP contribution in [0.1, 0.15) is 60.3 Å². The molecule has 0 aliphatic heterocycles. The van der Waals surface area contributed by atoms with E-state index in [0.717, 1.165) is 19.3 Å². The van der Waals surface area contributed by atoms with Crippen LogP contribution < -0.4 is 10.4 Å². The Labute approximate surface area is 189 Å². The van der Waals surface area contributed by atoms with Crippen LogP contribution in [0.2, 0.25) is 5.04 Å². The molecule has 0 fully saturated rings. The van der Waals surface area contributed by atoms with E-state index >= 15 is 0 Å². The monoisotopic (exact) mass is 438 g/mol. The molecule has 0 N–H and O–H groups in total. The van der Waals surface area contributed by atoms with Gasteiger partial charge >= 0.3 is 5.97 Å². The van der Waals surface area contributed by atoms with Crippen molar-refractivity contribution in [3.05, 3.63) is 72.3 Å². The fraction of sp³-hybridized carbons (Fsp3) is 0.444. The number of esters is 1. The van der Waals surface area contributed by atoms with Crippen molar-refractivity contribution in [3.8, 4) is 0 Å². The number of benzene rings is 2. The van der Waals surface area contributed by atoms with Crippen LogP contribution in [-0.4, -0.2) is 27.5 Å². The maximum atomic E-state index is 11.7. The Bertz CT molecular complexity index is 783. The lowest BCUT2D eigenvalue weighted by Gasteiger charge is -2.43. The van der Waals surface area contributed by atoms with Gasteiger partial charge in [0.2, 0.25) is 0 Å². The van der Waals surface area contributed by atoms with Crippen molar-refractivity contribution in [2.45, 2.75) is 65.3 Å². The van der Waals surface area contributed by atoms with Gasteiger partial charge in [0.25, 0.3) is 8.32 Å². The van der Waals surface area contributed by atoms with Crippen molar-refractivity contribution >= 4 is 24.7 Å². The third-order valence-electron chi connectivity index (χ3n) is 5.74. The first kappa shape index (κ1) is 25.1. The van der Waals surface area contributed by atoms with Gasteiger partial charge in [-0.25, -0.2) is 0 Å². The van der Waals surface area contributed by atoms with Gasteiger partial charge in [-0.3, -0.25) is 4.79 Å². The average molecular weight is 439 g/mol. The van der Waals surface area contributed by atoms with E-state index in [1.807, 2.05) is 13.8 Å². The number of carbonyl (C=O) groups is 1. The van der Waals surface area contributed by atoms with Gasteiger partial charge in [0.05, 0.1) is 6.61 Å². The minimum absolute atomic E-state index is 0.0109. The van der Waals surface area contributed by atoms with Crippen LogP contribution in [0.4, 0.5) is 0 Å². The molecule has 4 heteroatoms. The molecule has 2 aromatic rings. The van der Waals surface area contributed by atoms with E-state index in [1.54, 1.807) is 0 Å². The van der Waals surface area contributed by atoms with Gasteiger partial charge in [0.15, 0.2) is 0 Å². The summed E-state index contributed by atoms with van der Waals surface area (Å²) in [6.07, 6.45) is 5.21. The maximum Gasteiger partial charge on any atom is 0.306 e. The summed E-state index contributed by atoms with van der Waals surface area (Å²) in [5.74, 6) is -0.120. The molecule has 0 radical (unpaired) electrons. The third-order valence-corrected chi connectivity index (χ3v) is 10.8. The standard InChI is InChI=1S/C27H38O3Si/c1-6-23(20-21-26(28)29-7-2)15-14-22-30-31(27(3,4)5,24-16-10-8-11-17-24)25-18-12-9-13-19-25/h6,8-13,16-19H,7,14-15,20-22H2,1-5H3/b23-6+. The van der Waals surface area contributed by atoms with Crippen molar-refractivity contribution in [2.24, 2.45) is 0 Å². The number of hydrogen-bond acceptors (Lipinski definition) is 3. The predicted octanol–water partition coefficient (Wildman–Crippen LogP) is 5.63. The van der Waals surface area contributed by atoms with Crippen LogP contribution >= 0.6 is 0 Å². The maximum absolute atomic E-state index is 11.7. The molecular weight excluding hydrogens is 400 g/mol. The smallest absolute Gasteiger partial charge is 0.306 e. The Kier molecular flexibility index (Phi) is 9.72. The van der Waals surface area contributed by atoms with E-state index in [0.29, 0.717) is 19.6 Å². The lowest BCUT2D eigenvalue weighted by Crippen LogP contribution is -2.66. The zero-order chi connectivity index (χ0) is 22.7. The molecule has 2 aromatic carbocycles. The van der Waals surface area contributed by atoms with Gasteiger partial charge in [-0.15, -0.1) is 0 Å². The molecular formula is C27H38O3Si. The Balaban J connectivity index is 2.15. The highest BCUT2D eigenvalue weighted by Gasteiger charge is 2.49. The second-order valence-corrected chi connectivity index (χ2v) is 13.2. The van der Waals surface area contributed by atoms with Crippen molar-refractivity contribution in [2.75, 3.05) is 13.2 Å². The molecule has 0 saturated carbocycles. The second-order valence-electron chi connectivity index (χ2n) is 8.87. The second kappa shape index (κ2) is 12.0. The number of carbonyl (C=O) groups excluding carboxylic acids is 1.